The molecule has 0 spiro atoms. The molecule has 0 fully saturated rings. The monoisotopic (exact) mass is 235 g/mol. The van der Waals surface area contributed by atoms with E-state index in [4.69, 9.17) is 0 Å². The molecule has 4 heteroatoms. The maximum absolute atomic E-state index is 11.6. The summed E-state index contributed by atoms with van der Waals surface area (Å²) >= 11 is 0. The SMILES string of the molecule is CCCCCCC(=O)NN(C)c1ccccn1. The van der Waals surface area contributed by atoms with Crippen molar-refractivity contribution in [3.8, 4) is 0 Å². The smallest absolute Gasteiger partial charge is 0.238 e. The summed E-state index contributed by atoms with van der Waals surface area (Å²) in [5.74, 6) is 0.795. The molecule has 0 aliphatic rings. The van der Waals surface area contributed by atoms with Crippen LogP contribution in [0.5, 0.6) is 0 Å². The summed E-state index contributed by atoms with van der Waals surface area (Å²) in [5, 5.41) is 1.65. The maximum atomic E-state index is 11.6. The van der Waals surface area contributed by atoms with Crippen molar-refractivity contribution in [1.29, 1.82) is 0 Å². The number of pyridine rings is 1. The number of unbranched alkanes of at least 4 members (excludes halogenated alkanes) is 3. The number of anilines is 1. The van der Waals surface area contributed by atoms with Crippen molar-refractivity contribution in [1.82, 2.24) is 10.4 Å². The second-order valence-corrected chi connectivity index (χ2v) is 4.09. The molecular formula is C13H21N3O. The summed E-state index contributed by atoms with van der Waals surface area (Å²) in [6.07, 6.45) is 6.75. The van der Waals surface area contributed by atoms with Crippen molar-refractivity contribution in [2.75, 3.05) is 12.1 Å². The molecule has 0 aromatic carbocycles. The van der Waals surface area contributed by atoms with Crippen molar-refractivity contribution in [2.45, 2.75) is 39.0 Å². The van der Waals surface area contributed by atoms with Crippen LogP contribution < -0.4 is 10.4 Å². The zero-order valence-corrected chi connectivity index (χ0v) is 10.6. The lowest BCUT2D eigenvalue weighted by molar-refractivity contribution is -0.121. The van der Waals surface area contributed by atoms with E-state index < -0.39 is 0 Å². The largest absolute Gasteiger partial charge is 0.273 e. The third kappa shape index (κ3) is 5.33. The second kappa shape index (κ2) is 7.65. The Morgan fingerprint density at radius 3 is 2.82 bits per heavy atom. The molecule has 1 amide bonds. The molecule has 4 nitrogen and oxygen atoms in total. The predicted molar refractivity (Wildman–Crippen MR) is 69.5 cm³/mol. The number of rotatable bonds is 7. The highest BCUT2D eigenvalue weighted by atomic mass is 16.2. The molecule has 0 bridgehead atoms. The third-order valence-electron chi connectivity index (χ3n) is 2.54. The summed E-state index contributed by atoms with van der Waals surface area (Å²) in [4.78, 5) is 15.8. The van der Waals surface area contributed by atoms with Gasteiger partial charge in [0.1, 0.15) is 5.82 Å². The number of hydrogen-bond donors (Lipinski definition) is 1. The molecule has 17 heavy (non-hydrogen) atoms. The Hall–Kier alpha value is -1.58. The zero-order valence-electron chi connectivity index (χ0n) is 10.6. The average molecular weight is 235 g/mol. The van der Waals surface area contributed by atoms with Crippen LogP contribution in [0, 0.1) is 0 Å². The van der Waals surface area contributed by atoms with Gasteiger partial charge in [-0.3, -0.25) is 15.2 Å². The number of aromatic nitrogens is 1. The molecule has 0 saturated carbocycles. The van der Waals surface area contributed by atoms with Crippen LogP contribution >= 0.6 is 0 Å². The Morgan fingerprint density at radius 2 is 2.18 bits per heavy atom. The van der Waals surface area contributed by atoms with Gasteiger partial charge in [0.05, 0.1) is 0 Å². The lowest BCUT2D eigenvalue weighted by Gasteiger charge is -2.18. The zero-order chi connectivity index (χ0) is 12.5. The van der Waals surface area contributed by atoms with Crippen LogP contribution in [0.25, 0.3) is 0 Å². The number of amides is 1. The fourth-order valence-corrected chi connectivity index (χ4v) is 1.56. The number of nitrogens with one attached hydrogen (secondary N) is 1. The van der Waals surface area contributed by atoms with E-state index in [2.05, 4.69) is 17.3 Å². The van der Waals surface area contributed by atoms with Crippen molar-refractivity contribution in [3.63, 3.8) is 0 Å². The minimum atomic E-state index is 0.0502. The lowest BCUT2D eigenvalue weighted by Crippen LogP contribution is -2.39. The fraction of sp³-hybridized carbons (Fsp3) is 0.538. The van der Waals surface area contributed by atoms with Crippen LogP contribution in [-0.4, -0.2) is 17.9 Å². The van der Waals surface area contributed by atoms with E-state index in [-0.39, 0.29) is 5.91 Å². The van der Waals surface area contributed by atoms with Gasteiger partial charge in [-0.1, -0.05) is 32.3 Å². The first-order chi connectivity index (χ1) is 8.24. The molecule has 1 aromatic heterocycles. The van der Waals surface area contributed by atoms with Crippen LogP contribution in [-0.2, 0) is 4.79 Å². The molecule has 1 aromatic rings. The Morgan fingerprint density at radius 1 is 1.35 bits per heavy atom. The average Bonchev–Trinajstić information content (AvgIpc) is 2.36. The highest BCUT2D eigenvalue weighted by Crippen LogP contribution is 2.05. The quantitative estimate of drug-likeness (QED) is 0.583. The van der Waals surface area contributed by atoms with Crippen LogP contribution in [0.2, 0.25) is 0 Å². The summed E-state index contributed by atoms with van der Waals surface area (Å²) in [6.45, 7) is 2.16. The summed E-state index contributed by atoms with van der Waals surface area (Å²) < 4.78 is 0. The summed E-state index contributed by atoms with van der Waals surface area (Å²) in [7, 11) is 1.80. The second-order valence-electron chi connectivity index (χ2n) is 4.09. The number of carbonyl (C=O) groups excluding carboxylic acids is 1. The molecular weight excluding hydrogens is 214 g/mol. The van der Waals surface area contributed by atoms with Gasteiger partial charge in [0.25, 0.3) is 0 Å². The van der Waals surface area contributed by atoms with E-state index in [0.29, 0.717) is 6.42 Å². The van der Waals surface area contributed by atoms with Crippen molar-refractivity contribution in [3.05, 3.63) is 24.4 Å². The minimum absolute atomic E-state index is 0.0502. The van der Waals surface area contributed by atoms with Gasteiger partial charge in [-0.2, -0.15) is 0 Å². The number of carbonyl (C=O) groups is 1. The highest BCUT2D eigenvalue weighted by molar-refractivity contribution is 5.77. The van der Waals surface area contributed by atoms with Gasteiger partial charge in [0.15, 0.2) is 0 Å². The van der Waals surface area contributed by atoms with Crippen molar-refractivity contribution in [2.24, 2.45) is 0 Å². The van der Waals surface area contributed by atoms with Gasteiger partial charge in [-0.25, -0.2) is 4.98 Å². The Bertz CT molecular complexity index is 327. The van der Waals surface area contributed by atoms with Crippen LogP contribution in [0.15, 0.2) is 24.4 Å². The minimum Gasteiger partial charge on any atom is -0.273 e. The van der Waals surface area contributed by atoms with Crippen LogP contribution in [0.1, 0.15) is 39.0 Å². The van der Waals surface area contributed by atoms with Gasteiger partial charge >= 0.3 is 0 Å². The first kappa shape index (κ1) is 13.5. The summed E-state index contributed by atoms with van der Waals surface area (Å²) in [6, 6.07) is 5.60. The predicted octanol–water partition coefficient (Wildman–Crippen LogP) is 2.52. The van der Waals surface area contributed by atoms with E-state index >= 15 is 0 Å². The number of nitrogens with zero attached hydrogens (tertiary/aromatic N) is 2. The molecule has 1 heterocycles. The number of hydrazine groups is 1. The topological polar surface area (TPSA) is 45.2 Å². The molecule has 1 rings (SSSR count). The molecule has 0 aliphatic carbocycles. The van der Waals surface area contributed by atoms with Gasteiger partial charge in [0.2, 0.25) is 5.91 Å². The molecule has 0 atom stereocenters. The normalized spacial score (nSPS) is 10.0. The van der Waals surface area contributed by atoms with E-state index in [9.17, 15) is 4.79 Å². The Labute approximate surface area is 103 Å². The molecule has 94 valence electrons. The lowest BCUT2D eigenvalue weighted by atomic mass is 10.1. The van der Waals surface area contributed by atoms with Gasteiger partial charge in [0, 0.05) is 19.7 Å². The van der Waals surface area contributed by atoms with Crippen molar-refractivity contribution < 1.29 is 4.79 Å². The molecule has 1 N–H and O–H groups in total. The highest BCUT2D eigenvalue weighted by Gasteiger charge is 2.05. The van der Waals surface area contributed by atoms with Crippen LogP contribution in [0.4, 0.5) is 5.82 Å². The fourth-order valence-electron chi connectivity index (χ4n) is 1.56. The first-order valence-electron chi connectivity index (χ1n) is 6.18. The van der Waals surface area contributed by atoms with Crippen LogP contribution in [0.3, 0.4) is 0 Å². The van der Waals surface area contributed by atoms with E-state index in [0.717, 1.165) is 18.7 Å². The maximum Gasteiger partial charge on any atom is 0.238 e. The molecule has 0 unspecified atom stereocenters. The first-order valence-corrected chi connectivity index (χ1v) is 6.18. The summed E-state index contributed by atoms with van der Waals surface area (Å²) in [5.41, 5.74) is 2.80. The van der Waals surface area contributed by atoms with Gasteiger partial charge in [-0.15, -0.1) is 0 Å². The van der Waals surface area contributed by atoms with Gasteiger partial charge < -0.3 is 0 Å². The van der Waals surface area contributed by atoms with Crippen molar-refractivity contribution >= 4 is 11.7 Å². The Kier molecular flexibility index (Phi) is 6.07. The van der Waals surface area contributed by atoms with E-state index in [1.54, 1.807) is 18.3 Å². The molecule has 0 saturated heterocycles. The van der Waals surface area contributed by atoms with E-state index in [1.807, 2.05) is 18.2 Å². The molecule has 0 aliphatic heterocycles. The van der Waals surface area contributed by atoms with Gasteiger partial charge in [-0.05, 0) is 18.6 Å². The Balaban J connectivity index is 2.26. The standard InChI is InChI=1S/C13H21N3O/c1-3-4-5-6-10-13(17)15-16(2)12-9-7-8-11-14-12/h7-9,11H,3-6,10H2,1-2H3,(H,15,17). The third-order valence-corrected chi connectivity index (χ3v) is 2.54. The van der Waals surface area contributed by atoms with E-state index in [1.165, 1.54) is 12.8 Å². The molecule has 0 radical (unpaired) electrons. The number of hydrogen-bond acceptors (Lipinski definition) is 3.